The lowest BCUT2D eigenvalue weighted by molar-refractivity contribution is 0.212. The third-order valence-corrected chi connectivity index (χ3v) is 5.43. The molecule has 1 aliphatic rings. The van der Waals surface area contributed by atoms with Crippen LogP contribution in [0.3, 0.4) is 0 Å². The number of hydrogen-bond donors (Lipinski definition) is 2. The van der Waals surface area contributed by atoms with Gasteiger partial charge in [0.1, 0.15) is 5.75 Å². The van der Waals surface area contributed by atoms with Crippen LogP contribution in [0.5, 0.6) is 5.75 Å². The second-order valence-corrected chi connectivity index (χ2v) is 7.27. The quantitative estimate of drug-likeness (QED) is 0.840. The number of aliphatic hydroxyl groups is 1. The molecule has 0 unspecified atom stereocenters. The Balaban J connectivity index is 1.78. The molecule has 0 aliphatic carbocycles. The number of nitrogens with zero attached hydrogens (tertiary/aromatic N) is 1. The van der Waals surface area contributed by atoms with Gasteiger partial charge in [0, 0.05) is 12.2 Å². The molecule has 0 saturated carbocycles. The van der Waals surface area contributed by atoms with Crippen LogP contribution in [-0.4, -0.2) is 41.9 Å². The highest BCUT2D eigenvalue weighted by molar-refractivity contribution is 5.73. The van der Waals surface area contributed by atoms with Crippen LogP contribution in [0.4, 0.5) is 0 Å². The van der Waals surface area contributed by atoms with Gasteiger partial charge in [-0.05, 0) is 87.0 Å². The lowest BCUT2D eigenvalue weighted by atomic mass is 9.88. The zero-order chi connectivity index (χ0) is 17.6. The molecule has 25 heavy (non-hydrogen) atoms. The molecule has 2 aromatic carbocycles. The maximum absolute atomic E-state index is 10.4. The van der Waals surface area contributed by atoms with Crippen LogP contribution < -0.4 is 0 Å². The van der Waals surface area contributed by atoms with E-state index < -0.39 is 0 Å². The smallest absolute Gasteiger partial charge is 0.123 e. The summed E-state index contributed by atoms with van der Waals surface area (Å²) in [5.74, 6) is 1.12. The molecule has 0 radical (unpaired) electrons. The minimum atomic E-state index is 0.127. The molecule has 3 heteroatoms. The number of likely N-dealkylation sites (tertiary alicyclic amines) is 1. The molecule has 0 atom stereocenters. The van der Waals surface area contributed by atoms with Crippen LogP contribution in [0.25, 0.3) is 11.1 Å². The van der Waals surface area contributed by atoms with E-state index in [0.29, 0.717) is 12.2 Å². The van der Waals surface area contributed by atoms with E-state index in [0.717, 1.165) is 29.0 Å². The predicted octanol–water partition coefficient (Wildman–Crippen LogP) is 3.87. The fourth-order valence-corrected chi connectivity index (χ4v) is 3.79. The van der Waals surface area contributed by atoms with Gasteiger partial charge in [-0.1, -0.05) is 30.3 Å². The molecule has 1 fully saturated rings. The Hall–Kier alpha value is -1.84. The summed E-state index contributed by atoms with van der Waals surface area (Å²) in [4.78, 5) is 2.41. The Morgan fingerprint density at radius 2 is 1.76 bits per heavy atom. The standard InChI is InChI=1S/C22H29NO2/c1-23-13-10-17(11-14-23)6-8-19-4-2-3-5-20(19)21-16-18(12-15-24)7-9-22(21)25/h2-5,7,9,16-17,24-25H,6,8,10-15H2,1H3. The van der Waals surface area contributed by atoms with Gasteiger partial charge >= 0.3 is 0 Å². The van der Waals surface area contributed by atoms with Crippen LogP contribution in [0.1, 0.15) is 30.4 Å². The van der Waals surface area contributed by atoms with Crippen molar-refractivity contribution >= 4 is 0 Å². The first kappa shape index (κ1) is 18.0. The molecule has 2 aromatic rings. The monoisotopic (exact) mass is 339 g/mol. The van der Waals surface area contributed by atoms with E-state index in [1.165, 1.54) is 37.9 Å². The molecule has 0 spiro atoms. The highest BCUT2D eigenvalue weighted by Crippen LogP contribution is 2.34. The van der Waals surface area contributed by atoms with E-state index in [-0.39, 0.29) is 6.61 Å². The average molecular weight is 339 g/mol. The second kappa shape index (κ2) is 8.50. The van der Waals surface area contributed by atoms with E-state index in [2.05, 4.69) is 30.1 Å². The third kappa shape index (κ3) is 4.62. The maximum Gasteiger partial charge on any atom is 0.123 e. The molecule has 3 rings (SSSR count). The minimum Gasteiger partial charge on any atom is -0.507 e. The Kier molecular flexibility index (Phi) is 6.11. The summed E-state index contributed by atoms with van der Waals surface area (Å²) in [6.45, 7) is 2.54. The van der Waals surface area contributed by atoms with Gasteiger partial charge in [-0.2, -0.15) is 0 Å². The number of benzene rings is 2. The summed E-state index contributed by atoms with van der Waals surface area (Å²) in [7, 11) is 2.20. The third-order valence-electron chi connectivity index (χ3n) is 5.43. The summed E-state index contributed by atoms with van der Waals surface area (Å²) in [6, 6.07) is 14.0. The Labute approximate surface area is 150 Å². The molecule has 0 aromatic heterocycles. The number of phenols is 1. The first-order valence-electron chi connectivity index (χ1n) is 9.37. The molecule has 3 nitrogen and oxygen atoms in total. The summed E-state index contributed by atoms with van der Waals surface area (Å²) < 4.78 is 0. The molecule has 1 saturated heterocycles. The molecule has 0 bridgehead atoms. The van der Waals surface area contributed by atoms with Gasteiger partial charge in [-0.15, -0.1) is 0 Å². The van der Waals surface area contributed by atoms with Crippen molar-refractivity contribution in [3.05, 3.63) is 53.6 Å². The SMILES string of the molecule is CN1CCC(CCc2ccccc2-c2cc(CCO)ccc2O)CC1. The fourth-order valence-electron chi connectivity index (χ4n) is 3.79. The molecule has 1 aliphatic heterocycles. The Morgan fingerprint density at radius 3 is 2.52 bits per heavy atom. The van der Waals surface area contributed by atoms with Crippen molar-refractivity contribution in [1.29, 1.82) is 0 Å². The van der Waals surface area contributed by atoms with Gasteiger partial charge in [0.05, 0.1) is 0 Å². The van der Waals surface area contributed by atoms with Crippen LogP contribution in [0.2, 0.25) is 0 Å². The summed E-state index contributed by atoms with van der Waals surface area (Å²) in [6.07, 6.45) is 5.45. The van der Waals surface area contributed by atoms with Gasteiger partial charge in [-0.25, -0.2) is 0 Å². The Morgan fingerprint density at radius 1 is 1.00 bits per heavy atom. The van der Waals surface area contributed by atoms with Gasteiger partial charge in [0.15, 0.2) is 0 Å². The first-order chi connectivity index (χ1) is 12.2. The van der Waals surface area contributed by atoms with E-state index >= 15 is 0 Å². The van der Waals surface area contributed by atoms with Crippen LogP contribution in [0, 0.1) is 5.92 Å². The van der Waals surface area contributed by atoms with Crippen molar-refractivity contribution in [3.63, 3.8) is 0 Å². The number of aryl methyl sites for hydroxylation is 1. The molecular weight excluding hydrogens is 310 g/mol. The first-order valence-corrected chi connectivity index (χ1v) is 9.37. The van der Waals surface area contributed by atoms with Crippen molar-refractivity contribution in [1.82, 2.24) is 4.90 Å². The molecule has 0 amide bonds. The second-order valence-electron chi connectivity index (χ2n) is 7.27. The Bertz CT molecular complexity index is 690. The van der Waals surface area contributed by atoms with Crippen molar-refractivity contribution in [2.75, 3.05) is 26.7 Å². The highest BCUT2D eigenvalue weighted by atomic mass is 16.3. The molecule has 1 heterocycles. The number of piperidine rings is 1. The van der Waals surface area contributed by atoms with Gasteiger partial charge < -0.3 is 15.1 Å². The number of rotatable bonds is 6. The zero-order valence-electron chi connectivity index (χ0n) is 15.1. The van der Waals surface area contributed by atoms with Gasteiger partial charge in [0.2, 0.25) is 0 Å². The van der Waals surface area contributed by atoms with E-state index in [1.54, 1.807) is 6.07 Å². The van der Waals surface area contributed by atoms with E-state index in [1.807, 2.05) is 18.2 Å². The largest absolute Gasteiger partial charge is 0.507 e. The molecule has 2 N–H and O–H groups in total. The van der Waals surface area contributed by atoms with E-state index in [4.69, 9.17) is 0 Å². The molecule has 134 valence electrons. The van der Waals surface area contributed by atoms with Crippen molar-refractivity contribution in [2.45, 2.75) is 32.1 Å². The summed E-state index contributed by atoms with van der Waals surface area (Å²) in [5.41, 5.74) is 4.36. The van der Waals surface area contributed by atoms with Crippen LogP contribution in [-0.2, 0) is 12.8 Å². The fraction of sp³-hybridized carbons (Fsp3) is 0.455. The van der Waals surface area contributed by atoms with Crippen LogP contribution >= 0.6 is 0 Å². The highest BCUT2D eigenvalue weighted by Gasteiger charge is 2.17. The molecular formula is C22H29NO2. The summed E-state index contributed by atoms with van der Waals surface area (Å²) in [5, 5.41) is 19.5. The maximum atomic E-state index is 10.4. The van der Waals surface area contributed by atoms with Gasteiger partial charge in [-0.3, -0.25) is 0 Å². The van der Waals surface area contributed by atoms with E-state index in [9.17, 15) is 10.2 Å². The minimum absolute atomic E-state index is 0.127. The van der Waals surface area contributed by atoms with Crippen molar-refractivity contribution in [3.8, 4) is 16.9 Å². The van der Waals surface area contributed by atoms with Gasteiger partial charge in [0.25, 0.3) is 0 Å². The van der Waals surface area contributed by atoms with Crippen molar-refractivity contribution < 1.29 is 10.2 Å². The summed E-state index contributed by atoms with van der Waals surface area (Å²) >= 11 is 0. The topological polar surface area (TPSA) is 43.7 Å². The van der Waals surface area contributed by atoms with Crippen molar-refractivity contribution in [2.24, 2.45) is 5.92 Å². The lowest BCUT2D eigenvalue weighted by Crippen LogP contribution is -2.30. The zero-order valence-corrected chi connectivity index (χ0v) is 15.1. The number of hydrogen-bond acceptors (Lipinski definition) is 3. The lowest BCUT2D eigenvalue weighted by Gasteiger charge is -2.29. The normalized spacial score (nSPS) is 16.2. The number of aromatic hydroxyl groups is 1. The average Bonchev–Trinajstić information content (AvgIpc) is 2.63. The number of aliphatic hydroxyl groups excluding tert-OH is 1. The van der Waals surface area contributed by atoms with Crippen LogP contribution in [0.15, 0.2) is 42.5 Å². The predicted molar refractivity (Wildman–Crippen MR) is 103 cm³/mol. The number of phenolic OH excluding ortho intramolecular Hbond substituents is 1.